The summed E-state index contributed by atoms with van der Waals surface area (Å²) < 4.78 is 5.15. The van der Waals surface area contributed by atoms with E-state index in [1.807, 2.05) is 0 Å². The second-order valence-corrected chi connectivity index (χ2v) is 5.68. The second-order valence-electron chi connectivity index (χ2n) is 4.84. The molecule has 0 radical (unpaired) electrons. The lowest BCUT2D eigenvalue weighted by Crippen LogP contribution is -2.21. The van der Waals surface area contributed by atoms with E-state index in [9.17, 15) is 9.90 Å². The van der Waals surface area contributed by atoms with Crippen LogP contribution in [-0.2, 0) is 0 Å². The van der Waals surface area contributed by atoms with Crippen molar-refractivity contribution in [2.75, 3.05) is 0 Å². The summed E-state index contributed by atoms with van der Waals surface area (Å²) in [5.74, 6) is -0.721. The Kier molecular flexibility index (Phi) is 4.64. The van der Waals surface area contributed by atoms with Crippen LogP contribution in [-0.4, -0.2) is 16.1 Å². The van der Waals surface area contributed by atoms with Crippen LogP contribution in [0.25, 0.3) is 22.5 Å². The number of carbonyl (C=O) groups excluding carboxylic acids is 1. The van der Waals surface area contributed by atoms with Crippen LogP contribution in [0.15, 0.2) is 53.1 Å². The Morgan fingerprint density at radius 1 is 1.17 bits per heavy atom. The summed E-state index contributed by atoms with van der Waals surface area (Å²) in [6.07, 6.45) is 1.59. The third kappa shape index (κ3) is 3.64. The molecule has 120 valence electrons. The molecule has 5 nitrogen and oxygen atoms in total. The number of benzene rings is 2. The summed E-state index contributed by atoms with van der Waals surface area (Å²) in [5.41, 5.74) is 1.48. The fourth-order valence-electron chi connectivity index (χ4n) is 1.99. The van der Waals surface area contributed by atoms with Crippen LogP contribution in [0.2, 0.25) is 5.02 Å². The first-order valence-electron chi connectivity index (χ1n) is 6.81. The number of carboxylic acids is 1. The van der Waals surface area contributed by atoms with E-state index in [2.05, 4.69) is 10.1 Å². The summed E-state index contributed by atoms with van der Waals surface area (Å²) in [7, 11) is 0. The Morgan fingerprint density at radius 2 is 1.92 bits per heavy atom. The lowest BCUT2D eigenvalue weighted by Gasteiger charge is -2.01. The van der Waals surface area contributed by atoms with Crippen molar-refractivity contribution in [3.63, 3.8) is 0 Å². The fraction of sp³-hybridized carbons (Fsp3) is 0. The Labute approximate surface area is 147 Å². The van der Waals surface area contributed by atoms with Gasteiger partial charge in [0, 0.05) is 10.6 Å². The van der Waals surface area contributed by atoms with Crippen molar-refractivity contribution in [1.29, 1.82) is 0 Å². The van der Waals surface area contributed by atoms with Crippen molar-refractivity contribution >= 4 is 40.3 Å². The molecule has 0 fully saturated rings. The van der Waals surface area contributed by atoms with Crippen LogP contribution in [0.4, 0.5) is 0 Å². The lowest BCUT2D eigenvalue weighted by molar-refractivity contribution is -0.255. The number of aromatic carboxylic acids is 1. The molecule has 0 spiro atoms. The minimum atomic E-state index is -1.24. The van der Waals surface area contributed by atoms with E-state index in [0.717, 1.165) is 0 Å². The van der Waals surface area contributed by atoms with Gasteiger partial charge >= 0.3 is 0 Å². The van der Waals surface area contributed by atoms with Gasteiger partial charge in [0.2, 0.25) is 5.82 Å². The number of aromatic nitrogens is 2. The molecule has 2 aromatic carbocycles. The van der Waals surface area contributed by atoms with Gasteiger partial charge < -0.3 is 14.4 Å². The highest BCUT2D eigenvalue weighted by molar-refractivity contribution is 6.50. The molecular formula is C17H9Cl2N2O3-. The van der Waals surface area contributed by atoms with E-state index in [-0.39, 0.29) is 16.5 Å². The van der Waals surface area contributed by atoms with Crippen molar-refractivity contribution in [2.45, 2.75) is 0 Å². The molecule has 1 heterocycles. The molecule has 0 amide bonds. The van der Waals surface area contributed by atoms with Crippen molar-refractivity contribution in [1.82, 2.24) is 10.1 Å². The van der Waals surface area contributed by atoms with Crippen molar-refractivity contribution in [3.8, 4) is 11.4 Å². The molecule has 7 heteroatoms. The van der Waals surface area contributed by atoms with Crippen LogP contribution >= 0.6 is 23.2 Å². The minimum Gasteiger partial charge on any atom is -0.545 e. The van der Waals surface area contributed by atoms with E-state index < -0.39 is 5.97 Å². The Balaban J connectivity index is 1.85. The smallest absolute Gasteiger partial charge is 0.269 e. The lowest BCUT2D eigenvalue weighted by atomic mass is 10.1. The molecule has 1 aromatic heterocycles. The predicted octanol–water partition coefficient (Wildman–Crippen LogP) is 3.49. The quantitative estimate of drug-likeness (QED) is 0.712. The zero-order valence-electron chi connectivity index (χ0n) is 12.1. The maximum atomic E-state index is 10.7. The molecule has 0 atom stereocenters. The summed E-state index contributed by atoms with van der Waals surface area (Å²) in [6, 6.07) is 13.1. The zero-order valence-corrected chi connectivity index (χ0v) is 13.6. The van der Waals surface area contributed by atoms with Gasteiger partial charge in [-0.3, -0.25) is 0 Å². The van der Waals surface area contributed by atoms with Crippen LogP contribution in [0.3, 0.4) is 0 Å². The van der Waals surface area contributed by atoms with E-state index in [0.29, 0.717) is 22.0 Å². The van der Waals surface area contributed by atoms with Gasteiger partial charge in [0.1, 0.15) is 5.03 Å². The second kappa shape index (κ2) is 6.86. The third-order valence-corrected chi connectivity index (χ3v) is 3.66. The van der Waals surface area contributed by atoms with Crippen molar-refractivity contribution < 1.29 is 14.4 Å². The molecule has 24 heavy (non-hydrogen) atoms. The zero-order chi connectivity index (χ0) is 17.1. The van der Waals surface area contributed by atoms with Crippen LogP contribution in [0.1, 0.15) is 21.8 Å². The molecule has 0 saturated carbocycles. The highest BCUT2D eigenvalue weighted by atomic mass is 35.5. The Bertz CT molecular complexity index is 918. The summed E-state index contributed by atoms with van der Waals surface area (Å²) in [5, 5.41) is 15.4. The third-order valence-electron chi connectivity index (χ3n) is 3.15. The minimum absolute atomic E-state index is 0.0873. The van der Waals surface area contributed by atoms with Gasteiger partial charge in [-0.2, -0.15) is 4.98 Å². The van der Waals surface area contributed by atoms with Crippen LogP contribution in [0.5, 0.6) is 0 Å². The van der Waals surface area contributed by atoms with E-state index in [4.69, 9.17) is 27.7 Å². The van der Waals surface area contributed by atoms with Gasteiger partial charge in [-0.15, -0.1) is 0 Å². The topological polar surface area (TPSA) is 79.0 Å². The summed E-state index contributed by atoms with van der Waals surface area (Å²) in [4.78, 5) is 14.9. The highest BCUT2D eigenvalue weighted by Crippen LogP contribution is 2.25. The number of carbonyl (C=O) groups is 1. The Morgan fingerprint density at radius 3 is 2.58 bits per heavy atom. The fourth-order valence-corrected chi connectivity index (χ4v) is 2.38. The number of halogens is 2. The SMILES string of the molecule is O=C([O-])c1ccc(/C=C(\Cl)c2nc(-c3cccc(Cl)c3)no2)cc1. The van der Waals surface area contributed by atoms with Gasteiger partial charge in [0.15, 0.2) is 0 Å². The molecule has 0 bridgehead atoms. The largest absolute Gasteiger partial charge is 0.545 e. The van der Waals surface area contributed by atoms with Gasteiger partial charge in [0.05, 0.1) is 5.97 Å². The van der Waals surface area contributed by atoms with Gasteiger partial charge in [-0.25, -0.2) is 0 Å². The first kappa shape index (κ1) is 16.2. The average molecular weight is 360 g/mol. The number of carboxylic acid groups (broad SMARTS) is 1. The maximum Gasteiger partial charge on any atom is 0.269 e. The summed E-state index contributed by atoms with van der Waals surface area (Å²) >= 11 is 12.1. The highest BCUT2D eigenvalue weighted by Gasteiger charge is 2.11. The monoisotopic (exact) mass is 359 g/mol. The molecule has 0 aliphatic rings. The first-order valence-corrected chi connectivity index (χ1v) is 7.57. The molecule has 3 rings (SSSR count). The van der Waals surface area contributed by atoms with E-state index in [1.54, 1.807) is 42.5 Å². The van der Waals surface area contributed by atoms with Crippen molar-refractivity contribution in [2.24, 2.45) is 0 Å². The Hall–Kier alpha value is -2.63. The number of hydrogen-bond donors (Lipinski definition) is 0. The molecule has 3 aromatic rings. The van der Waals surface area contributed by atoms with Crippen LogP contribution < -0.4 is 5.11 Å². The van der Waals surface area contributed by atoms with E-state index >= 15 is 0 Å². The number of nitrogens with zero attached hydrogens (tertiary/aromatic N) is 2. The average Bonchev–Trinajstić information content (AvgIpc) is 3.05. The molecule has 0 saturated heterocycles. The first-order chi connectivity index (χ1) is 11.5. The molecule has 0 aliphatic carbocycles. The van der Waals surface area contributed by atoms with Crippen LogP contribution in [0, 0.1) is 0 Å². The number of hydrogen-bond acceptors (Lipinski definition) is 5. The molecule has 0 aliphatic heterocycles. The number of rotatable bonds is 4. The molecule has 0 unspecified atom stereocenters. The predicted molar refractivity (Wildman–Crippen MR) is 89.2 cm³/mol. The molecule has 0 N–H and O–H groups in total. The van der Waals surface area contributed by atoms with Gasteiger partial charge in [-0.05, 0) is 29.3 Å². The van der Waals surface area contributed by atoms with Crippen molar-refractivity contribution in [3.05, 3.63) is 70.6 Å². The maximum absolute atomic E-state index is 10.7. The van der Waals surface area contributed by atoms with Gasteiger partial charge in [0.25, 0.3) is 5.89 Å². The summed E-state index contributed by atoms with van der Waals surface area (Å²) in [6.45, 7) is 0. The van der Waals surface area contributed by atoms with Gasteiger partial charge in [-0.1, -0.05) is 64.8 Å². The van der Waals surface area contributed by atoms with E-state index in [1.165, 1.54) is 12.1 Å². The molecular weight excluding hydrogens is 351 g/mol. The standard InChI is InChI=1S/C17H10Cl2N2O3/c18-13-3-1-2-12(9-13)15-20-16(24-21-15)14(19)8-10-4-6-11(7-5-10)17(22)23/h1-9H,(H,22,23)/p-1/b14-8-. The normalized spacial score (nSPS) is 11.5.